The van der Waals surface area contributed by atoms with Crippen LogP contribution in [-0.4, -0.2) is 26.7 Å². The van der Waals surface area contributed by atoms with E-state index in [9.17, 15) is 9.67 Å². The first-order chi connectivity index (χ1) is 5.02. The fourth-order valence-electron chi connectivity index (χ4n) is 1.48. The van der Waals surface area contributed by atoms with E-state index < -0.39 is 19.4 Å². The van der Waals surface area contributed by atoms with Gasteiger partial charge in [-0.3, -0.25) is 4.57 Å². The third-order valence-corrected chi connectivity index (χ3v) is 3.59. The molecule has 11 heavy (non-hydrogen) atoms. The van der Waals surface area contributed by atoms with Gasteiger partial charge in [-0.05, 0) is 12.8 Å². The first-order valence-electron chi connectivity index (χ1n) is 3.75. The van der Waals surface area contributed by atoms with Crippen LogP contribution in [0.25, 0.3) is 0 Å². The van der Waals surface area contributed by atoms with Crippen LogP contribution in [0.1, 0.15) is 25.7 Å². The Labute approximate surface area is 65.4 Å². The predicted octanol–water partition coefficient (Wildman–Crippen LogP) is 0.468. The van der Waals surface area contributed by atoms with Gasteiger partial charge in [0.1, 0.15) is 0 Å². The molecule has 2 atom stereocenters. The quantitative estimate of drug-likeness (QED) is 0.512. The van der Waals surface area contributed by atoms with Crippen molar-refractivity contribution in [1.29, 1.82) is 0 Å². The maximum absolute atomic E-state index is 10.7. The van der Waals surface area contributed by atoms with Gasteiger partial charge in [0.2, 0.25) is 0 Å². The van der Waals surface area contributed by atoms with Crippen molar-refractivity contribution in [2.75, 3.05) is 0 Å². The molecule has 0 aromatic rings. The summed E-state index contributed by atoms with van der Waals surface area (Å²) in [6, 6.07) is 0. The molecule has 0 aromatic carbocycles. The van der Waals surface area contributed by atoms with Gasteiger partial charge in [0.25, 0.3) is 0 Å². The van der Waals surface area contributed by atoms with E-state index in [4.69, 9.17) is 9.79 Å². The lowest BCUT2D eigenvalue weighted by Crippen LogP contribution is -2.29. The van der Waals surface area contributed by atoms with Crippen LogP contribution in [0.2, 0.25) is 0 Å². The summed E-state index contributed by atoms with van der Waals surface area (Å²) >= 11 is 0. The smallest absolute Gasteiger partial charge is 0.331 e. The maximum atomic E-state index is 10.7. The van der Waals surface area contributed by atoms with Gasteiger partial charge in [0, 0.05) is 0 Å². The number of rotatable bonds is 1. The zero-order chi connectivity index (χ0) is 8.48. The van der Waals surface area contributed by atoms with Crippen molar-refractivity contribution in [3.8, 4) is 0 Å². The van der Waals surface area contributed by atoms with E-state index in [2.05, 4.69) is 0 Å². The second-order valence-electron chi connectivity index (χ2n) is 3.01. The van der Waals surface area contributed by atoms with Gasteiger partial charge < -0.3 is 14.9 Å². The fraction of sp³-hybridized carbons (Fsp3) is 1.00. The first kappa shape index (κ1) is 9.20. The summed E-state index contributed by atoms with van der Waals surface area (Å²) in [6.45, 7) is 0. The number of aliphatic hydroxyl groups is 1. The van der Waals surface area contributed by atoms with Crippen LogP contribution in [0.3, 0.4) is 0 Å². The van der Waals surface area contributed by atoms with Crippen LogP contribution < -0.4 is 0 Å². The molecule has 0 spiro atoms. The Balaban J connectivity index is 2.62. The molecular formula is C6H13O4P. The molecule has 0 unspecified atom stereocenters. The monoisotopic (exact) mass is 180 g/mol. The summed E-state index contributed by atoms with van der Waals surface area (Å²) in [7, 11) is -4.05. The third kappa shape index (κ3) is 2.27. The predicted molar refractivity (Wildman–Crippen MR) is 40.3 cm³/mol. The SMILES string of the molecule is O=P(O)(O)[C@@H]1CCCC[C@H]1O. The Kier molecular flexibility index (Phi) is 2.70. The molecule has 66 valence electrons. The van der Waals surface area contributed by atoms with Gasteiger partial charge >= 0.3 is 7.60 Å². The van der Waals surface area contributed by atoms with E-state index in [-0.39, 0.29) is 0 Å². The van der Waals surface area contributed by atoms with E-state index in [1.807, 2.05) is 0 Å². The highest BCUT2D eigenvalue weighted by Crippen LogP contribution is 2.47. The molecule has 1 aliphatic rings. The average Bonchev–Trinajstić information content (AvgIpc) is 1.86. The standard InChI is InChI=1S/C6H13O4P/c7-5-3-1-2-4-6(5)11(8,9)10/h5-7H,1-4H2,(H2,8,9,10)/t5-,6-/m1/s1. The van der Waals surface area contributed by atoms with E-state index in [0.29, 0.717) is 12.8 Å². The lowest BCUT2D eigenvalue weighted by molar-refractivity contribution is 0.122. The zero-order valence-electron chi connectivity index (χ0n) is 6.18. The number of aliphatic hydroxyl groups excluding tert-OH is 1. The summed E-state index contributed by atoms with van der Waals surface area (Å²) in [5.74, 6) is 0. The van der Waals surface area contributed by atoms with E-state index in [1.54, 1.807) is 0 Å². The van der Waals surface area contributed by atoms with Crippen molar-refractivity contribution in [2.24, 2.45) is 0 Å². The highest BCUT2D eigenvalue weighted by Gasteiger charge is 2.36. The van der Waals surface area contributed by atoms with Crippen molar-refractivity contribution in [3.63, 3.8) is 0 Å². The van der Waals surface area contributed by atoms with E-state index in [0.717, 1.165) is 12.8 Å². The maximum Gasteiger partial charge on any atom is 0.331 e. The summed E-state index contributed by atoms with van der Waals surface area (Å²) < 4.78 is 10.7. The molecule has 0 aliphatic heterocycles. The summed E-state index contributed by atoms with van der Waals surface area (Å²) in [6.07, 6.45) is 1.86. The van der Waals surface area contributed by atoms with Gasteiger partial charge in [-0.15, -0.1) is 0 Å². The van der Waals surface area contributed by atoms with Crippen LogP contribution in [0.15, 0.2) is 0 Å². The molecule has 5 heteroatoms. The van der Waals surface area contributed by atoms with E-state index >= 15 is 0 Å². The summed E-state index contributed by atoms with van der Waals surface area (Å²) in [4.78, 5) is 17.5. The van der Waals surface area contributed by atoms with Gasteiger partial charge in [-0.2, -0.15) is 0 Å². The van der Waals surface area contributed by atoms with Crippen LogP contribution >= 0.6 is 7.60 Å². The van der Waals surface area contributed by atoms with Crippen LogP contribution in [0.4, 0.5) is 0 Å². The minimum atomic E-state index is -4.05. The van der Waals surface area contributed by atoms with Crippen LogP contribution in [-0.2, 0) is 4.57 Å². The first-order valence-corrected chi connectivity index (χ1v) is 5.43. The zero-order valence-corrected chi connectivity index (χ0v) is 7.07. The Hall–Kier alpha value is 0.110. The second kappa shape index (κ2) is 3.23. The van der Waals surface area contributed by atoms with Crippen LogP contribution in [0, 0.1) is 0 Å². The topological polar surface area (TPSA) is 77.8 Å². The lowest BCUT2D eigenvalue weighted by Gasteiger charge is -2.27. The minimum Gasteiger partial charge on any atom is -0.392 e. The van der Waals surface area contributed by atoms with Crippen molar-refractivity contribution in [1.82, 2.24) is 0 Å². The molecule has 0 saturated heterocycles. The molecule has 0 heterocycles. The minimum absolute atomic E-state index is 0.450. The van der Waals surface area contributed by atoms with Gasteiger partial charge in [-0.1, -0.05) is 12.8 Å². The van der Waals surface area contributed by atoms with Crippen molar-refractivity contribution in [2.45, 2.75) is 37.4 Å². The number of hydrogen-bond acceptors (Lipinski definition) is 2. The van der Waals surface area contributed by atoms with Gasteiger partial charge in [-0.25, -0.2) is 0 Å². The van der Waals surface area contributed by atoms with Crippen molar-refractivity contribution < 1.29 is 19.5 Å². The van der Waals surface area contributed by atoms with Gasteiger partial charge in [0.05, 0.1) is 11.8 Å². The lowest BCUT2D eigenvalue weighted by atomic mass is 9.97. The fourth-order valence-corrected chi connectivity index (χ4v) is 2.60. The molecule has 0 radical (unpaired) electrons. The molecule has 4 nitrogen and oxygen atoms in total. The van der Waals surface area contributed by atoms with Crippen molar-refractivity contribution in [3.05, 3.63) is 0 Å². The second-order valence-corrected chi connectivity index (χ2v) is 4.85. The molecule has 1 aliphatic carbocycles. The highest BCUT2D eigenvalue weighted by atomic mass is 31.2. The summed E-state index contributed by atoms with van der Waals surface area (Å²) in [5.41, 5.74) is -0.809. The molecule has 1 rings (SSSR count). The Morgan fingerprint density at radius 1 is 1.18 bits per heavy atom. The van der Waals surface area contributed by atoms with Crippen LogP contribution in [0.5, 0.6) is 0 Å². The summed E-state index contributed by atoms with van der Waals surface area (Å²) in [5, 5.41) is 9.21. The molecule has 0 amide bonds. The molecule has 3 N–H and O–H groups in total. The highest BCUT2D eigenvalue weighted by molar-refractivity contribution is 7.52. The van der Waals surface area contributed by atoms with Gasteiger partial charge in [0.15, 0.2) is 0 Å². The third-order valence-electron chi connectivity index (χ3n) is 2.13. The van der Waals surface area contributed by atoms with Crippen molar-refractivity contribution >= 4 is 7.60 Å². The Morgan fingerprint density at radius 2 is 1.73 bits per heavy atom. The number of hydrogen-bond donors (Lipinski definition) is 3. The Morgan fingerprint density at radius 3 is 2.09 bits per heavy atom. The molecular weight excluding hydrogens is 167 g/mol. The largest absolute Gasteiger partial charge is 0.392 e. The van der Waals surface area contributed by atoms with E-state index in [1.165, 1.54) is 0 Å². The molecule has 1 fully saturated rings. The normalized spacial score (nSPS) is 33.7. The molecule has 0 aromatic heterocycles. The average molecular weight is 180 g/mol. The molecule has 1 saturated carbocycles. The molecule has 0 bridgehead atoms. The Bertz CT molecular complexity index is 175.